The first-order valence-corrected chi connectivity index (χ1v) is 8.68. The molecule has 2 aromatic carbocycles. The molecule has 0 saturated carbocycles. The molecule has 0 aliphatic heterocycles. The summed E-state index contributed by atoms with van der Waals surface area (Å²) in [5.41, 5.74) is 4.59. The summed E-state index contributed by atoms with van der Waals surface area (Å²) in [6, 6.07) is 12.5. The van der Waals surface area contributed by atoms with Gasteiger partial charge in [0.1, 0.15) is 18.1 Å². The van der Waals surface area contributed by atoms with Gasteiger partial charge >= 0.3 is 0 Å². The molecule has 0 aliphatic rings. The highest BCUT2D eigenvalue weighted by molar-refractivity contribution is 6.05. The van der Waals surface area contributed by atoms with E-state index in [1.165, 1.54) is 0 Å². The van der Waals surface area contributed by atoms with E-state index in [1.807, 2.05) is 32.9 Å². The summed E-state index contributed by atoms with van der Waals surface area (Å²) < 4.78 is 5.93. The Morgan fingerprint density at radius 3 is 2.52 bits per heavy atom. The maximum atomic E-state index is 12.6. The Kier molecular flexibility index (Phi) is 5.41. The van der Waals surface area contributed by atoms with Gasteiger partial charge in [-0.1, -0.05) is 12.1 Å². The van der Waals surface area contributed by atoms with Gasteiger partial charge in [-0.3, -0.25) is 9.78 Å². The Balaban J connectivity index is 1.77. The molecule has 0 atom stereocenters. The molecular weight excluding hydrogens is 340 g/mol. The molecule has 0 radical (unpaired) electrons. The molecule has 1 aromatic heterocycles. The smallest absolute Gasteiger partial charge is 0.255 e. The lowest BCUT2D eigenvalue weighted by atomic mass is 10.0. The molecule has 3 rings (SSSR count). The van der Waals surface area contributed by atoms with Crippen molar-refractivity contribution < 1.29 is 14.6 Å². The zero-order chi connectivity index (χ0) is 19.4. The van der Waals surface area contributed by atoms with Crippen LogP contribution in [0.1, 0.15) is 32.6 Å². The number of rotatable bonds is 5. The van der Waals surface area contributed by atoms with Gasteiger partial charge < -0.3 is 15.2 Å². The number of nitrogens with zero attached hydrogens (tertiary/aromatic N) is 1. The predicted octanol–water partition coefficient (Wildman–Crippen LogP) is 4.54. The molecule has 27 heavy (non-hydrogen) atoms. The van der Waals surface area contributed by atoms with Crippen LogP contribution < -0.4 is 10.1 Å². The van der Waals surface area contributed by atoms with E-state index in [0.29, 0.717) is 17.9 Å². The predicted molar refractivity (Wildman–Crippen MR) is 105 cm³/mol. The first-order valence-electron chi connectivity index (χ1n) is 8.68. The summed E-state index contributed by atoms with van der Waals surface area (Å²) in [6.07, 6.45) is 3.49. The summed E-state index contributed by atoms with van der Waals surface area (Å²) in [7, 11) is 0. The van der Waals surface area contributed by atoms with Crippen LogP contribution in [0.25, 0.3) is 0 Å². The molecule has 5 heteroatoms. The number of benzene rings is 2. The normalized spacial score (nSPS) is 10.5. The molecule has 3 aromatic rings. The number of hydrogen-bond donors (Lipinski definition) is 2. The highest BCUT2D eigenvalue weighted by atomic mass is 16.5. The number of anilines is 1. The van der Waals surface area contributed by atoms with Crippen LogP contribution in [-0.4, -0.2) is 16.0 Å². The van der Waals surface area contributed by atoms with Crippen LogP contribution in [0.4, 0.5) is 5.69 Å². The number of carbonyl (C=O) groups excluding carboxylic acids is 1. The van der Waals surface area contributed by atoms with E-state index in [-0.39, 0.29) is 11.7 Å². The second-order valence-electron chi connectivity index (χ2n) is 6.56. The van der Waals surface area contributed by atoms with E-state index in [9.17, 15) is 9.90 Å². The molecule has 1 amide bonds. The lowest BCUT2D eigenvalue weighted by molar-refractivity contribution is 0.102. The maximum Gasteiger partial charge on any atom is 0.255 e. The van der Waals surface area contributed by atoms with E-state index in [0.717, 1.165) is 28.0 Å². The van der Waals surface area contributed by atoms with E-state index in [4.69, 9.17) is 4.74 Å². The van der Waals surface area contributed by atoms with Crippen LogP contribution in [0.15, 0.2) is 54.9 Å². The van der Waals surface area contributed by atoms with Gasteiger partial charge in [0.15, 0.2) is 0 Å². The molecule has 5 nitrogen and oxygen atoms in total. The minimum atomic E-state index is -0.277. The van der Waals surface area contributed by atoms with Crippen LogP contribution in [0, 0.1) is 20.8 Å². The van der Waals surface area contributed by atoms with E-state index < -0.39 is 0 Å². The van der Waals surface area contributed by atoms with Gasteiger partial charge in [-0.05, 0) is 67.8 Å². The number of aromatic hydroxyl groups is 1. The van der Waals surface area contributed by atoms with Gasteiger partial charge in [-0.2, -0.15) is 0 Å². The Bertz CT molecular complexity index is 946. The maximum absolute atomic E-state index is 12.6. The minimum absolute atomic E-state index is 0.0406. The lowest BCUT2D eigenvalue weighted by Crippen LogP contribution is -2.13. The van der Waals surface area contributed by atoms with Crippen molar-refractivity contribution in [3.05, 3.63) is 82.7 Å². The number of phenols is 1. The number of pyridine rings is 1. The van der Waals surface area contributed by atoms with Crippen molar-refractivity contribution in [1.82, 2.24) is 4.98 Å². The van der Waals surface area contributed by atoms with Gasteiger partial charge in [0.2, 0.25) is 0 Å². The summed E-state index contributed by atoms with van der Waals surface area (Å²) >= 11 is 0. The Morgan fingerprint density at radius 1 is 1.11 bits per heavy atom. The van der Waals surface area contributed by atoms with Crippen LogP contribution in [-0.2, 0) is 6.61 Å². The quantitative estimate of drug-likeness (QED) is 0.654. The molecular formula is C22H22N2O3. The molecule has 0 aliphatic carbocycles. The second kappa shape index (κ2) is 7.91. The number of amides is 1. The third-order valence-electron chi connectivity index (χ3n) is 4.23. The number of aromatic nitrogens is 1. The van der Waals surface area contributed by atoms with Crippen molar-refractivity contribution in [3.63, 3.8) is 0 Å². The molecule has 138 valence electrons. The zero-order valence-electron chi connectivity index (χ0n) is 15.6. The van der Waals surface area contributed by atoms with E-state index >= 15 is 0 Å². The first kappa shape index (κ1) is 18.5. The highest BCUT2D eigenvalue weighted by Crippen LogP contribution is 2.28. The summed E-state index contributed by atoms with van der Waals surface area (Å²) in [6.45, 7) is 6.13. The van der Waals surface area contributed by atoms with Gasteiger partial charge in [-0.15, -0.1) is 0 Å². The highest BCUT2D eigenvalue weighted by Gasteiger charge is 2.14. The van der Waals surface area contributed by atoms with Crippen LogP contribution in [0.2, 0.25) is 0 Å². The monoisotopic (exact) mass is 362 g/mol. The Labute approximate surface area is 158 Å². The fourth-order valence-corrected chi connectivity index (χ4v) is 2.89. The van der Waals surface area contributed by atoms with Crippen LogP contribution in [0.5, 0.6) is 11.5 Å². The van der Waals surface area contributed by atoms with Crippen molar-refractivity contribution in [2.45, 2.75) is 27.4 Å². The molecule has 0 saturated heterocycles. The minimum Gasteiger partial charge on any atom is -0.506 e. The fourth-order valence-electron chi connectivity index (χ4n) is 2.89. The number of carbonyl (C=O) groups is 1. The standard InChI is InChI=1S/C22H22N2O3/c1-14-6-7-20(25)19(9-14)24-22(26)18-10-15(2)21(16(3)11-18)27-13-17-5-4-8-23-12-17/h4-12,25H,13H2,1-3H3,(H,24,26). The molecule has 0 bridgehead atoms. The van der Waals surface area contributed by atoms with E-state index in [1.54, 1.807) is 42.7 Å². The molecule has 0 fully saturated rings. The summed E-state index contributed by atoms with van der Waals surface area (Å²) in [5, 5.41) is 12.7. The molecule has 0 spiro atoms. The number of hydrogen-bond acceptors (Lipinski definition) is 4. The molecule has 2 N–H and O–H groups in total. The third kappa shape index (κ3) is 4.44. The first-order chi connectivity index (χ1) is 12.9. The topological polar surface area (TPSA) is 71.5 Å². The SMILES string of the molecule is Cc1ccc(O)c(NC(=O)c2cc(C)c(OCc3cccnc3)c(C)c2)c1. The third-order valence-corrected chi connectivity index (χ3v) is 4.23. The summed E-state index contributed by atoms with van der Waals surface area (Å²) in [4.78, 5) is 16.7. The second-order valence-corrected chi connectivity index (χ2v) is 6.56. The van der Waals surface area contributed by atoms with Crippen LogP contribution in [0.3, 0.4) is 0 Å². The van der Waals surface area contributed by atoms with Crippen molar-refractivity contribution in [1.29, 1.82) is 0 Å². The number of nitrogens with one attached hydrogen (secondary N) is 1. The summed E-state index contributed by atoms with van der Waals surface area (Å²) in [5.74, 6) is 0.522. The number of ether oxygens (including phenoxy) is 1. The van der Waals surface area contributed by atoms with Crippen molar-refractivity contribution >= 4 is 11.6 Å². The van der Waals surface area contributed by atoms with Crippen molar-refractivity contribution in [2.75, 3.05) is 5.32 Å². The van der Waals surface area contributed by atoms with Gasteiger partial charge in [-0.25, -0.2) is 0 Å². The average molecular weight is 362 g/mol. The average Bonchev–Trinajstić information content (AvgIpc) is 2.64. The van der Waals surface area contributed by atoms with Crippen molar-refractivity contribution in [3.8, 4) is 11.5 Å². The largest absolute Gasteiger partial charge is 0.506 e. The molecule has 1 heterocycles. The Hall–Kier alpha value is -3.34. The number of phenolic OH excluding ortho intramolecular Hbond substituents is 1. The lowest BCUT2D eigenvalue weighted by Gasteiger charge is -2.14. The van der Waals surface area contributed by atoms with Crippen LogP contribution >= 0.6 is 0 Å². The molecule has 0 unspecified atom stereocenters. The van der Waals surface area contributed by atoms with E-state index in [2.05, 4.69) is 10.3 Å². The fraction of sp³-hybridized carbons (Fsp3) is 0.182. The van der Waals surface area contributed by atoms with Crippen molar-refractivity contribution in [2.24, 2.45) is 0 Å². The number of aryl methyl sites for hydroxylation is 3. The van der Waals surface area contributed by atoms with Gasteiger partial charge in [0.05, 0.1) is 5.69 Å². The van der Waals surface area contributed by atoms with Gasteiger partial charge in [0, 0.05) is 23.5 Å². The van der Waals surface area contributed by atoms with Gasteiger partial charge in [0.25, 0.3) is 5.91 Å². The zero-order valence-corrected chi connectivity index (χ0v) is 15.6. The Morgan fingerprint density at radius 2 is 1.85 bits per heavy atom.